The summed E-state index contributed by atoms with van der Waals surface area (Å²) in [5, 5.41) is 30.8. The number of cyclic esters (lactones) is 1. The number of alkyl carbamates (subject to hydrolysis) is 1. The molecule has 3 heterocycles. The summed E-state index contributed by atoms with van der Waals surface area (Å²) >= 11 is 0. The normalized spacial score (nSPS) is 38.8. The van der Waals surface area contributed by atoms with E-state index in [1.165, 1.54) is 6.92 Å². The van der Waals surface area contributed by atoms with Crippen molar-refractivity contribution in [2.24, 2.45) is 17.8 Å². The van der Waals surface area contributed by atoms with Crippen LogP contribution in [0, 0.1) is 29.1 Å². The minimum atomic E-state index is -1.18. The standard InChI is InChI=1S/C39H61N5O9/c1-11-30-39(7)33(43-37(48)53-39)25(5)42-19-22(2)17-38(6,49-10)34(23(3)31(45)24(4)35(47)51-30)52-36-32(46)29(44(8)9)16-28(50-36)21-41-20-27-14-12-13-26(15-27)18-40/h12-15,22-25,28-30,32-34,36,41-42,46H,11,16-17,19-21H2,1-10H3,(H,43,48)/t22-,23+,24?,25-,28+,29?,30+,32?,33-,34-,36+,38-,39-/m1/s1. The minimum Gasteiger partial charge on any atom is -0.458 e. The Hall–Kier alpha value is -3.16. The molecule has 0 aliphatic carbocycles. The van der Waals surface area contributed by atoms with Crippen molar-refractivity contribution >= 4 is 17.8 Å². The van der Waals surface area contributed by atoms with E-state index in [2.05, 4.69) is 28.9 Å². The largest absolute Gasteiger partial charge is 0.458 e. The molecule has 0 radical (unpaired) electrons. The summed E-state index contributed by atoms with van der Waals surface area (Å²) in [6.07, 6.45) is -3.57. The third-order valence-electron chi connectivity index (χ3n) is 11.5. The summed E-state index contributed by atoms with van der Waals surface area (Å²) in [7, 11) is 5.35. The molecule has 1 aromatic carbocycles. The molecule has 3 unspecified atom stereocenters. The van der Waals surface area contributed by atoms with Gasteiger partial charge in [-0.3, -0.25) is 9.59 Å². The number of nitrogens with zero attached hydrogens (tertiary/aromatic N) is 2. The van der Waals surface area contributed by atoms with Crippen molar-refractivity contribution in [1.29, 1.82) is 5.26 Å². The molecule has 13 atom stereocenters. The first-order valence-electron chi connectivity index (χ1n) is 18.8. The molecule has 4 N–H and O–H groups in total. The van der Waals surface area contributed by atoms with Gasteiger partial charge >= 0.3 is 12.1 Å². The van der Waals surface area contributed by atoms with Gasteiger partial charge in [-0.15, -0.1) is 0 Å². The molecule has 0 spiro atoms. The summed E-state index contributed by atoms with van der Waals surface area (Å²) in [6, 6.07) is 8.45. The Morgan fingerprint density at radius 2 is 1.87 bits per heavy atom. The monoisotopic (exact) mass is 743 g/mol. The van der Waals surface area contributed by atoms with Gasteiger partial charge in [-0.05, 0) is 91.2 Å². The first kappa shape index (κ1) is 42.6. The third kappa shape index (κ3) is 9.75. The minimum absolute atomic E-state index is 0.00862. The van der Waals surface area contributed by atoms with E-state index in [4.69, 9.17) is 23.7 Å². The summed E-state index contributed by atoms with van der Waals surface area (Å²) in [5.41, 5.74) is -0.706. The number of hydrogen-bond acceptors (Lipinski definition) is 13. The number of hydrogen-bond donors (Lipinski definition) is 4. The highest BCUT2D eigenvalue weighted by Crippen LogP contribution is 2.37. The molecule has 1 amide bonds. The second kappa shape index (κ2) is 18.0. The van der Waals surface area contributed by atoms with Crippen LogP contribution in [0.5, 0.6) is 0 Å². The molecule has 14 heteroatoms. The molecule has 4 rings (SSSR count). The van der Waals surface area contributed by atoms with E-state index in [0.29, 0.717) is 44.5 Å². The van der Waals surface area contributed by atoms with Gasteiger partial charge in [-0.25, -0.2) is 4.79 Å². The Balaban J connectivity index is 1.63. The van der Waals surface area contributed by atoms with E-state index >= 15 is 0 Å². The van der Waals surface area contributed by atoms with Crippen LogP contribution in [-0.2, 0) is 39.8 Å². The molecule has 53 heavy (non-hydrogen) atoms. The zero-order valence-electron chi connectivity index (χ0n) is 33.0. The fourth-order valence-electron chi connectivity index (χ4n) is 8.28. The molecule has 3 fully saturated rings. The van der Waals surface area contributed by atoms with Crippen molar-refractivity contribution in [3.63, 3.8) is 0 Å². The van der Waals surface area contributed by atoms with Crippen molar-refractivity contribution in [2.75, 3.05) is 34.3 Å². The number of aliphatic hydroxyl groups is 1. The topological polar surface area (TPSA) is 181 Å². The Kier molecular flexibility index (Phi) is 14.4. The van der Waals surface area contributed by atoms with E-state index < -0.39 is 71.5 Å². The van der Waals surface area contributed by atoms with Crippen molar-refractivity contribution in [1.82, 2.24) is 20.9 Å². The predicted octanol–water partition coefficient (Wildman–Crippen LogP) is 2.89. The maximum absolute atomic E-state index is 14.3. The van der Waals surface area contributed by atoms with Crippen LogP contribution >= 0.6 is 0 Å². The number of fused-ring (bicyclic) bond motifs is 1. The molecule has 3 aliphatic rings. The van der Waals surface area contributed by atoms with Crippen LogP contribution in [0.15, 0.2) is 24.3 Å². The van der Waals surface area contributed by atoms with Gasteiger partial charge in [0.05, 0.1) is 35.5 Å². The second-order valence-electron chi connectivity index (χ2n) is 15.8. The Morgan fingerprint density at radius 3 is 2.51 bits per heavy atom. The summed E-state index contributed by atoms with van der Waals surface area (Å²) < 4.78 is 31.2. The summed E-state index contributed by atoms with van der Waals surface area (Å²) in [4.78, 5) is 42.5. The van der Waals surface area contributed by atoms with E-state index in [1.54, 1.807) is 27.0 Å². The fourth-order valence-corrected chi connectivity index (χ4v) is 8.28. The highest BCUT2D eigenvalue weighted by Gasteiger charge is 2.55. The van der Waals surface area contributed by atoms with Gasteiger partial charge in [0.2, 0.25) is 0 Å². The van der Waals surface area contributed by atoms with Crippen molar-refractivity contribution in [3.8, 4) is 6.07 Å². The average molecular weight is 744 g/mol. The maximum Gasteiger partial charge on any atom is 0.408 e. The molecule has 1 aromatic rings. The number of nitriles is 1. The molecule has 3 aliphatic heterocycles. The van der Waals surface area contributed by atoms with E-state index in [0.717, 1.165) is 5.56 Å². The summed E-state index contributed by atoms with van der Waals surface area (Å²) in [6.45, 7) is 14.2. The van der Waals surface area contributed by atoms with Crippen molar-refractivity contribution in [3.05, 3.63) is 35.4 Å². The van der Waals surface area contributed by atoms with Crippen LogP contribution in [0.1, 0.15) is 78.9 Å². The number of benzene rings is 1. The van der Waals surface area contributed by atoms with E-state index in [1.807, 2.05) is 58.0 Å². The number of amides is 1. The molecule has 0 saturated carbocycles. The SMILES string of the molecule is CC[C@@H]1OC(=O)C(C)C(=O)[C@H](C)[C@@H](O[C@@H]2O[C@H](CNCc3cccc(C#N)c3)CC(N(C)C)C2O)[C@](C)(OC)C[C@@H](C)CN[C@H](C)[C@H]2NC(=O)O[C@]12C. The number of Topliss-reactive ketones (excluding diaryl/α,β-unsaturated/α-hetero) is 1. The predicted molar refractivity (Wildman–Crippen MR) is 196 cm³/mol. The molecular weight excluding hydrogens is 682 g/mol. The Morgan fingerprint density at radius 1 is 1.15 bits per heavy atom. The summed E-state index contributed by atoms with van der Waals surface area (Å²) in [5.74, 6) is -3.22. The van der Waals surface area contributed by atoms with Gasteiger partial charge in [-0.1, -0.05) is 32.9 Å². The lowest BCUT2D eigenvalue weighted by atomic mass is 9.78. The second-order valence-corrected chi connectivity index (χ2v) is 15.8. The van der Waals surface area contributed by atoms with Gasteiger partial charge in [0.25, 0.3) is 0 Å². The molecule has 296 valence electrons. The van der Waals surface area contributed by atoms with Crippen LogP contribution in [0.25, 0.3) is 0 Å². The number of carbonyl (C=O) groups excluding carboxylic acids is 3. The van der Waals surface area contributed by atoms with Crippen molar-refractivity contribution in [2.45, 2.75) is 134 Å². The quantitative estimate of drug-likeness (QED) is 0.215. The zero-order chi connectivity index (χ0) is 39.2. The first-order chi connectivity index (χ1) is 25.0. The third-order valence-corrected chi connectivity index (χ3v) is 11.5. The van der Waals surface area contributed by atoms with Gasteiger partial charge in [0.15, 0.2) is 17.7 Å². The van der Waals surface area contributed by atoms with Gasteiger partial charge < -0.3 is 49.6 Å². The van der Waals surface area contributed by atoms with Crippen LogP contribution < -0.4 is 16.0 Å². The van der Waals surface area contributed by atoms with Crippen molar-refractivity contribution < 1.29 is 43.2 Å². The highest BCUT2D eigenvalue weighted by molar-refractivity contribution is 6.00. The first-order valence-corrected chi connectivity index (χ1v) is 18.8. The van der Waals surface area contributed by atoms with Gasteiger partial charge in [-0.2, -0.15) is 5.26 Å². The van der Waals surface area contributed by atoms with Crippen LogP contribution in [0.4, 0.5) is 4.79 Å². The molecule has 3 saturated heterocycles. The molecule has 0 bridgehead atoms. The number of methoxy groups -OCH3 is 1. The number of likely N-dealkylation sites (N-methyl/N-ethyl adjacent to an activating group) is 1. The van der Waals surface area contributed by atoms with Gasteiger partial charge in [0.1, 0.15) is 18.1 Å². The number of ketones is 1. The van der Waals surface area contributed by atoms with Gasteiger partial charge in [0, 0.05) is 38.2 Å². The average Bonchev–Trinajstić information content (AvgIpc) is 3.45. The lowest BCUT2D eigenvalue weighted by Gasteiger charge is -2.47. The Labute approximate surface area is 314 Å². The number of ether oxygens (including phenoxy) is 5. The smallest absolute Gasteiger partial charge is 0.408 e. The molecular formula is C39H61N5O9. The molecule has 0 aromatic heterocycles. The highest BCUT2D eigenvalue weighted by atomic mass is 16.7. The number of esters is 1. The molecule has 14 nitrogen and oxygen atoms in total. The van der Waals surface area contributed by atoms with Crippen LogP contribution in [-0.4, -0.2) is 122 Å². The van der Waals surface area contributed by atoms with E-state index in [9.17, 15) is 24.8 Å². The van der Waals surface area contributed by atoms with Crippen LogP contribution in [0.2, 0.25) is 0 Å². The Bertz CT molecular complexity index is 1470. The number of aliphatic hydroxyl groups excluding tert-OH is 1. The number of carbonyl (C=O) groups is 3. The lowest BCUT2D eigenvalue weighted by Crippen LogP contribution is -2.60. The van der Waals surface area contributed by atoms with Crippen LogP contribution in [0.3, 0.4) is 0 Å². The zero-order valence-corrected chi connectivity index (χ0v) is 33.0. The fraction of sp³-hybridized carbons (Fsp3) is 0.744. The lowest BCUT2D eigenvalue weighted by molar-refractivity contribution is -0.297. The number of rotatable bonds is 9. The maximum atomic E-state index is 14.3. The number of nitrogens with one attached hydrogen (secondary N) is 3. The van der Waals surface area contributed by atoms with E-state index in [-0.39, 0.29) is 24.1 Å².